The molecule has 0 bridgehead atoms. The number of nitrogens with zero attached hydrogens (tertiary/aromatic N) is 1. The molecule has 10 heteroatoms. The van der Waals surface area contributed by atoms with Crippen molar-refractivity contribution in [2.75, 3.05) is 18.9 Å². The summed E-state index contributed by atoms with van der Waals surface area (Å²) in [5, 5.41) is 12.3. The summed E-state index contributed by atoms with van der Waals surface area (Å²) in [6.45, 7) is -0.295. The number of nitro groups is 1. The Morgan fingerprint density at radius 3 is 2.67 bits per heavy atom. The van der Waals surface area contributed by atoms with Gasteiger partial charge in [0.25, 0.3) is 5.69 Å². The Morgan fingerprint density at radius 2 is 2.10 bits per heavy atom. The van der Waals surface area contributed by atoms with E-state index in [2.05, 4.69) is 0 Å². The molecule has 3 N–H and O–H groups in total. The first kappa shape index (κ1) is 16.5. The van der Waals surface area contributed by atoms with Crippen LogP contribution in [-0.4, -0.2) is 30.2 Å². The second-order valence-electron chi connectivity index (χ2n) is 3.90. The van der Waals surface area contributed by atoms with Crippen molar-refractivity contribution in [3.63, 3.8) is 0 Å². The van der Waals surface area contributed by atoms with E-state index >= 15 is 0 Å². The molecular formula is C11H12F3N3O4. The van der Waals surface area contributed by atoms with E-state index in [4.69, 9.17) is 10.5 Å². The maximum absolute atomic E-state index is 11.9. The molecule has 0 atom stereocenters. The smallest absolute Gasteiger partial charge is 0.471 e. The number of rotatable bonds is 6. The van der Waals surface area contributed by atoms with Crippen molar-refractivity contribution in [2.45, 2.75) is 12.6 Å². The number of hydrogen-bond donors (Lipinski definition) is 2. The van der Waals surface area contributed by atoms with Crippen LogP contribution in [0.2, 0.25) is 0 Å². The van der Waals surface area contributed by atoms with Crippen molar-refractivity contribution in [1.82, 2.24) is 5.32 Å². The third-order valence-corrected chi connectivity index (χ3v) is 2.36. The Kier molecular flexibility index (Phi) is 5.33. The van der Waals surface area contributed by atoms with Crippen molar-refractivity contribution >= 4 is 17.3 Å². The number of nitrogens with two attached hydrogens (primary N) is 1. The van der Waals surface area contributed by atoms with Crippen LogP contribution in [0.1, 0.15) is 6.42 Å². The molecule has 0 aliphatic carbocycles. The maximum atomic E-state index is 11.9. The molecule has 0 fully saturated rings. The van der Waals surface area contributed by atoms with E-state index in [0.717, 1.165) is 0 Å². The molecule has 0 spiro atoms. The molecule has 7 nitrogen and oxygen atoms in total. The highest BCUT2D eigenvalue weighted by Gasteiger charge is 2.38. The lowest BCUT2D eigenvalue weighted by molar-refractivity contribution is -0.384. The predicted molar refractivity (Wildman–Crippen MR) is 66.7 cm³/mol. The van der Waals surface area contributed by atoms with Crippen molar-refractivity contribution < 1.29 is 27.6 Å². The maximum Gasteiger partial charge on any atom is 0.471 e. The topological polar surface area (TPSA) is 107 Å². The molecule has 116 valence electrons. The van der Waals surface area contributed by atoms with Crippen LogP contribution >= 0.6 is 0 Å². The summed E-state index contributed by atoms with van der Waals surface area (Å²) in [5.41, 5.74) is 5.03. The van der Waals surface area contributed by atoms with Crippen LogP contribution < -0.4 is 15.8 Å². The number of anilines is 1. The minimum Gasteiger partial charge on any atom is -0.491 e. The van der Waals surface area contributed by atoms with Crippen LogP contribution in [0.5, 0.6) is 5.75 Å². The fourth-order valence-corrected chi connectivity index (χ4v) is 1.37. The molecule has 1 aromatic carbocycles. The zero-order valence-corrected chi connectivity index (χ0v) is 10.6. The standard InChI is InChI=1S/C11H12F3N3O4/c12-11(13,14)10(18)16-5-2-6-21-8-4-1-3-7(9(8)15)17(19)20/h1,3-4H,2,5-6,15H2,(H,16,18). The van der Waals surface area contributed by atoms with Gasteiger partial charge in [0.05, 0.1) is 11.5 Å². The first-order valence-electron chi connectivity index (χ1n) is 5.74. The summed E-state index contributed by atoms with van der Waals surface area (Å²) >= 11 is 0. The average molecular weight is 307 g/mol. The second kappa shape index (κ2) is 6.77. The van der Waals surface area contributed by atoms with E-state index < -0.39 is 17.0 Å². The highest BCUT2D eigenvalue weighted by atomic mass is 19.4. The number of halogens is 3. The monoisotopic (exact) mass is 307 g/mol. The van der Waals surface area contributed by atoms with Gasteiger partial charge in [-0.25, -0.2) is 0 Å². The third kappa shape index (κ3) is 4.82. The van der Waals surface area contributed by atoms with E-state index in [-0.39, 0.29) is 36.7 Å². The molecular weight excluding hydrogens is 295 g/mol. The molecule has 0 aliphatic rings. The van der Waals surface area contributed by atoms with Gasteiger partial charge in [0, 0.05) is 12.6 Å². The molecule has 0 unspecified atom stereocenters. The lowest BCUT2D eigenvalue weighted by Crippen LogP contribution is -2.37. The van der Waals surface area contributed by atoms with Crippen LogP contribution in [-0.2, 0) is 4.79 Å². The van der Waals surface area contributed by atoms with Gasteiger partial charge in [-0.05, 0) is 12.5 Å². The van der Waals surface area contributed by atoms with Crippen molar-refractivity contribution in [3.05, 3.63) is 28.3 Å². The minimum absolute atomic E-state index is 0.0521. The molecule has 1 amide bonds. The van der Waals surface area contributed by atoms with Gasteiger partial charge in [0.2, 0.25) is 0 Å². The summed E-state index contributed by atoms with van der Waals surface area (Å²) in [4.78, 5) is 20.5. The predicted octanol–water partition coefficient (Wildman–Crippen LogP) is 1.62. The van der Waals surface area contributed by atoms with Gasteiger partial charge in [-0.3, -0.25) is 14.9 Å². The molecule has 1 rings (SSSR count). The quantitative estimate of drug-likeness (QED) is 0.359. The summed E-state index contributed by atoms with van der Waals surface area (Å²) in [7, 11) is 0. The Balaban J connectivity index is 2.42. The van der Waals surface area contributed by atoms with E-state index in [0.29, 0.717) is 0 Å². The number of nitro benzene ring substituents is 1. The number of benzene rings is 1. The third-order valence-electron chi connectivity index (χ3n) is 2.36. The fraction of sp³-hybridized carbons (Fsp3) is 0.364. The van der Waals surface area contributed by atoms with Gasteiger partial charge in [0.1, 0.15) is 5.75 Å². The second-order valence-corrected chi connectivity index (χ2v) is 3.90. The molecule has 0 aromatic heterocycles. The average Bonchev–Trinajstić information content (AvgIpc) is 2.38. The molecule has 0 saturated heterocycles. The van der Waals surface area contributed by atoms with Crippen molar-refractivity contribution in [1.29, 1.82) is 0 Å². The Bertz CT molecular complexity index is 534. The van der Waals surface area contributed by atoms with Gasteiger partial charge in [-0.15, -0.1) is 0 Å². The number of para-hydroxylation sites is 1. The zero-order valence-electron chi connectivity index (χ0n) is 10.6. The highest BCUT2D eigenvalue weighted by molar-refractivity contribution is 5.81. The van der Waals surface area contributed by atoms with Gasteiger partial charge >= 0.3 is 12.1 Å². The highest BCUT2D eigenvalue weighted by Crippen LogP contribution is 2.30. The first-order chi connectivity index (χ1) is 9.73. The summed E-state index contributed by atoms with van der Waals surface area (Å²) in [6.07, 6.45) is -4.84. The summed E-state index contributed by atoms with van der Waals surface area (Å²) < 4.78 is 40.8. The number of nitrogens with one attached hydrogen (secondary N) is 1. The first-order valence-corrected chi connectivity index (χ1v) is 5.74. The van der Waals surface area contributed by atoms with Gasteiger partial charge in [-0.2, -0.15) is 13.2 Å². The van der Waals surface area contributed by atoms with Gasteiger partial charge in [0.15, 0.2) is 5.69 Å². The number of ether oxygens (including phenoxy) is 1. The van der Waals surface area contributed by atoms with Crippen LogP contribution in [0.15, 0.2) is 18.2 Å². The lowest BCUT2D eigenvalue weighted by Gasteiger charge is -2.10. The molecule has 0 saturated carbocycles. The van der Waals surface area contributed by atoms with Crippen LogP contribution in [0.25, 0.3) is 0 Å². The van der Waals surface area contributed by atoms with Crippen molar-refractivity contribution in [2.24, 2.45) is 0 Å². The Hall–Kier alpha value is -2.52. The molecule has 0 aliphatic heterocycles. The Morgan fingerprint density at radius 1 is 1.43 bits per heavy atom. The molecule has 1 aromatic rings. The van der Waals surface area contributed by atoms with E-state index in [1.165, 1.54) is 18.2 Å². The van der Waals surface area contributed by atoms with E-state index in [1.54, 1.807) is 5.32 Å². The van der Waals surface area contributed by atoms with Crippen LogP contribution in [0.4, 0.5) is 24.5 Å². The largest absolute Gasteiger partial charge is 0.491 e. The molecule has 0 radical (unpaired) electrons. The van der Waals surface area contributed by atoms with Crippen molar-refractivity contribution in [3.8, 4) is 5.75 Å². The van der Waals surface area contributed by atoms with Gasteiger partial charge in [-0.1, -0.05) is 6.07 Å². The van der Waals surface area contributed by atoms with E-state index in [9.17, 15) is 28.1 Å². The minimum atomic E-state index is -4.93. The number of nitrogen functional groups attached to an aromatic ring is 1. The molecule has 0 heterocycles. The fourth-order valence-electron chi connectivity index (χ4n) is 1.37. The van der Waals surface area contributed by atoms with Crippen LogP contribution in [0, 0.1) is 10.1 Å². The van der Waals surface area contributed by atoms with Crippen LogP contribution in [0.3, 0.4) is 0 Å². The number of hydrogen-bond acceptors (Lipinski definition) is 5. The SMILES string of the molecule is Nc1c(OCCCNC(=O)C(F)(F)F)cccc1[N+](=O)[O-]. The number of amides is 1. The molecule has 21 heavy (non-hydrogen) atoms. The number of carbonyl (C=O) groups excluding carboxylic acids is 1. The Labute approximate surface area is 117 Å². The zero-order chi connectivity index (χ0) is 16.0. The number of carbonyl (C=O) groups is 1. The lowest BCUT2D eigenvalue weighted by atomic mass is 10.2. The normalized spacial score (nSPS) is 11.0. The van der Waals surface area contributed by atoms with Gasteiger partial charge < -0.3 is 15.8 Å². The summed E-state index contributed by atoms with van der Waals surface area (Å²) in [6, 6.07) is 3.97. The van der Waals surface area contributed by atoms with E-state index in [1.807, 2.05) is 0 Å². The summed E-state index contributed by atoms with van der Waals surface area (Å²) in [5.74, 6) is -1.97. The number of alkyl halides is 3.